The first-order valence-corrected chi connectivity index (χ1v) is 8.70. The van der Waals surface area contributed by atoms with Gasteiger partial charge in [-0.2, -0.15) is 0 Å². The zero-order valence-corrected chi connectivity index (χ0v) is 15.6. The molecule has 0 radical (unpaired) electrons. The average molecular weight is 366 g/mol. The Hall–Kier alpha value is -2.99. The molecular weight excluding hydrogens is 344 g/mol. The Bertz CT molecular complexity index is 906. The van der Waals surface area contributed by atoms with E-state index in [2.05, 4.69) is 4.98 Å². The maximum Gasteiger partial charge on any atom is 0.295 e. The second-order valence-electron chi connectivity index (χ2n) is 6.59. The van der Waals surface area contributed by atoms with E-state index in [4.69, 9.17) is 4.74 Å². The number of ketones is 1. The monoisotopic (exact) mass is 366 g/mol. The molecule has 1 fully saturated rings. The molecule has 1 saturated heterocycles. The van der Waals surface area contributed by atoms with Crippen molar-refractivity contribution in [1.82, 2.24) is 9.88 Å². The molecule has 0 aliphatic carbocycles. The van der Waals surface area contributed by atoms with Crippen LogP contribution in [0.3, 0.4) is 0 Å². The number of rotatable bonds is 5. The number of carbonyl (C=O) groups excluding carboxylic acids is 2. The third-order valence-corrected chi connectivity index (χ3v) is 4.72. The molecule has 2 heterocycles. The van der Waals surface area contributed by atoms with Crippen LogP contribution < -0.4 is 0 Å². The van der Waals surface area contributed by atoms with Crippen LogP contribution in [0.5, 0.6) is 0 Å². The van der Waals surface area contributed by atoms with Gasteiger partial charge < -0.3 is 14.7 Å². The number of nitrogens with zero attached hydrogens (tertiary/aromatic N) is 2. The van der Waals surface area contributed by atoms with Crippen molar-refractivity contribution in [2.75, 3.05) is 20.3 Å². The molecule has 1 aromatic heterocycles. The van der Waals surface area contributed by atoms with Crippen LogP contribution in [-0.2, 0) is 14.3 Å². The summed E-state index contributed by atoms with van der Waals surface area (Å²) in [6, 6.07) is 8.46. The van der Waals surface area contributed by atoms with Gasteiger partial charge in [0.2, 0.25) is 0 Å². The highest BCUT2D eigenvalue weighted by atomic mass is 16.5. The number of likely N-dealkylation sites (tertiary alicyclic amines) is 1. The maximum atomic E-state index is 12.8. The van der Waals surface area contributed by atoms with Gasteiger partial charge in [-0.25, -0.2) is 0 Å². The van der Waals surface area contributed by atoms with Crippen LogP contribution in [0.25, 0.3) is 5.76 Å². The fourth-order valence-electron chi connectivity index (χ4n) is 3.32. The minimum absolute atomic E-state index is 0.0813. The van der Waals surface area contributed by atoms with Gasteiger partial charge in [-0.15, -0.1) is 0 Å². The van der Waals surface area contributed by atoms with Crippen LogP contribution >= 0.6 is 0 Å². The summed E-state index contributed by atoms with van der Waals surface area (Å²) in [6.45, 7) is 4.29. The first kappa shape index (κ1) is 18.8. The summed E-state index contributed by atoms with van der Waals surface area (Å²) in [5.74, 6) is -1.51. The predicted octanol–water partition coefficient (Wildman–Crippen LogP) is 2.77. The largest absolute Gasteiger partial charge is 0.507 e. The lowest BCUT2D eigenvalue weighted by molar-refractivity contribution is -0.140. The van der Waals surface area contributed by atoms with Crippen LogP contribution in [0.2, 0.25) is 0 Å². The number of Topliss-reactive ketones (excluding diaryl/α,β-unsaturated/α-hetero) is 1. The Morgan fingerprint density at radius 2 is 2.04 bits per heavy atom. The number of benzene rings is 1. The van der Waals surface area contributed by atoms with Crippen molar-refractivity contribution in [3.63, 3.8) is 0 Å². The van der Waals surface area contributed by atoms with E-state index in [1.165, 1.54) is 12.0 Å². The van der Waals surface area contributed by atoms with Crippen molar-refractivity contribution in [1.29, 1.82) is 0 Å². The highest BCUT2D eigenvalue weighted by Gasteiger charge is 2.46. The fourth-order valence-corrected chi connectivity index (χ4v) is 3.32. The first-order valence-electron chi connectivity index (χ1n) is 8.70. The standard InChI is InChI=1S/C21H22N2O4/c1-13-6-7-14(2)16(11-13)19(24)17-18(15-5-4-8-22-12-15)23(9-10-27-3)21(26)20(17)25/h4-8,11-12,18,24H,9-10H2,1-3H3. The van der Waals surface area contributed by atoms with Crippen LogP contribution in [0.15, 0.2) is 48.3 Å². The molecule has 3 rings (SSSR count). The van der Waals surface area contributed by atoms with Crippen molar-refractivity contribution in [3.05, 3.63) is 70.6 Å². The number of aromatic nitrogens is 1. The number of ether oxygens (including phenoxy) is 1. The molecule has 1 aliphatic rings. The molecule has 27 heavy (non-hydrogen) atoms. The SMILES string of the molecule is COCCN1C(=O)C(=O)C(=C(O)c2cc(C)ccc2C)C1c1cccnc1. The molecule has 1 aromatic carbocycles. The van der Waals surface area contributed by atoms with E-state index in [1.54, 1.807) is 24.5 Å². The summed E-state index contributed by atoms with van der Waals surface area (Å²) in [5, 5.41) is 11.0. The second kappa shape index (κ2) is 7.72. The van der Waals surface area contributed by atoms with Crippen LogP contribution in [0.1, 0.15) is 28.3 Å². The summed E-state index contributed by atoms with van der Waals surface area (Å²) in [5.41, 5.74) is 3.07. The van der Waals surface area contributed by atoms with Crippen molar-refractivity contribution < 1.29 is 19.4 Å². The van der Waals surface area contributed by atoms with Crippen LogP contribution in [0, 0.1) is 13.8 Å². The van der Waals surface area contributed by atoms with Gasteiger partial charge in [0, 0.05) is 31.6 Å². The van der Waals surface area contributed by atoms with Crippen molar-refractivity contribution in [3.8, 4) is 0 Å². The third kappa shape index (κ3) is 3.48. The number of pyridine rings is 1. The van der Waals surface area contributed by atoms with Gasteiger partial charge in [-0.1, -0.05) is 23.8 Å². The minimum Gasteiger partial charge on any atom is -0.507 e. The van der Waals surface area contributed by atoms with Crippen molar-refractivity contribution >= 4 is 17.4 Å². The molecule has 0 spiro atoms. The quantitative estimate of drug-likeness (QED) is 0.500. The molecular formula is C21H22N2O4. The summed E-state index contributed by atoms with van der Waals surface area (Å²) in [4.78, 5) is 31.0. The number of aliphatic hydroxyl groups excluding tert-OH is 1. The average Bonchev–Trinajstić information content (AvgIpc) is 2.93. The maximum absolute atomic E-state index is 12.8. The number of aryl methyl sites for hydroxylation is 2. The number of hydrogen-bond acceptors (Lipinski definition) is 5. The Morgan fingerprint density at radius 3 is 2.70 bits per heavy atom. The smallest absolute Gasteiger partial charge is 0.295 e. The third-order valence-electron chi connectivity index (χ3n) is 4.72. The second-order valence-corrected chi connectivity index (χ2v) is 6.59. The molecule has 0 saturated carbocycles. The Kier molecular flexibility index (Phi) is 5.37. The van der Waals surface area contributed by atoms with E-state index >= 15 is 0 Å². The summed E-state index contributed by atoms with van der Waals surface area (Å²) < 4.78 is 5.09. The summed E-state index contributed by atoms with van der Waals surface area (Å²) in [7, 11) is 1.53. The Labute approximate surface area is 158 Å². The lowest BCUT2D eigenvalue weighted by atomic mass is 9.94. The van der Waals surface area contributed by atoms with Gasteiger partial charge in [-0.05, 0) is 37.1 Å². The predicted molar refractivity (Wildman–Crippen MR) is 101 cm³/mol. The Balaban J connectivity index is 2.20. The van der Waals surface area contributed by atoms with E-state index in [9.17, 15) is 14.7 Å². The van der Waals surface area contributed by atoms with E-state index in [-0.39, 0.29) is 24.5 Å². The zero-order chi connectivity index (χ0) is 19.6. The number of hydrogen-bond donors (Lipinski definition) is 1. The van der Waals surface area contributed by atoms with Crippen molar-refractivity contribution in [2.24, 2.45) is 0 Å². The molecule has 0 bridgehead atoms. The van der Waals surface area contributed by atoms with Gasteiger partial charge >= 0.3 is 0 Å². The highest BCUT2D eigenvalue weighted by Crippen LogP contribution is 2.39. The number of methoxy groups -OCH3 is 1. The van der Waals surface area contributed by atoms with E-state index in [0.717, 1.165) is 11.1 Å². The van der Waals surface area contributed by atoms with Crippen LogP contribution in [-0.4, -0.2) is 46.9 Å². The molecule has 1 atom stereocenters. The number of amides is 1. The molecule has 6 nitrogen and oxygen atoms in total. The van der Waals surface area contributed by atoms with E-state index in [1.807, 2.05) is 32.0 Å². The molecule has 1 aliphatic heterocycles. The minimum atomic E-state index is -0.700. The Morgan fingerprint density at radius 1 is 1.26 bits per heavy atom. The van der Waals surface area contributed by atoms with Gasteiger partial charge in [-0.3, -0.25) is 14.6 Å². The lowest BCUT2D eigenvalue weighted by Gasteiger charge is -2.24. The zero-order valence-electron chi connectivity index (χ0n) is 15.6. The first-order chi connectivity index (χ1) is 13.0. The molecule has 140 valence electrons. The van der Waals surface area contributed by atoms with Gasteiger partial charge in [0.05, 0.1) is 18.2 Å². The highest BCUT2D eigenvalue weighted by molar-refractivity contribution is 6.46. The molecule has 1 amide bonds. The van der Waals surface area contributed by atoms with E-state index < -0.39 is 17.7 Å². The van der Waals surface area contributed by atoms with Crippen LogP contribution in [0.4, 0.5) is 0 Å². The summed E-state index contributed by atoms with van der Waals surface area (Å²) in [6.07, 6.45) is 3.22. The lowest BCUT2D eigenvalue weighted by Crippen LogP contribution is -2.32. The van der Waals surface area contributed by atoms with Gasteiger partial charge in [0.25, 0.3) is 11.7 Å². The summed E-state index contributed by atoms with van der Waals surface area (Å²) >= 11 is 0. The normalized spacial score (nSPS) is 18.9. The molecule has 1 unspecified atom stereocenters. The van der Waals surface area contributed by atoms with Gasteiger partial charge in [0.1, 0.15) is 5.76 Å². The number of aliphatic hydroxyl groups is 1. The molecule has 6 heteroatoms. The molecule has 2 aromatic rings. The fraction of sp³-hybridized carbons (Fsp3) is 0.286. The van der Waals surface area contributed by atoms with Crippen molar-refractivity contribution in [2.45, 2.75) is 19.9 Å². The topological polar surface area (TPSA) is 79.7 Å². The molecule has 1 N–H and O–H groups in total. The number of carbonyl (C=O) groups is 2. The van der Waals surface area contributed by atoms with Gasteiger partial charge in [0.15, 0.2) is 0 Å². The van der Waals surface area contributed by atoms with E-state index in [0.29, 0.717) is 11.1 Å².